The fraction of sp³-hybridized carbons (Fsp3) is 0.471. The van der Waals surface area contributed by atoms with Gasteiger partial charge in [-0.3, -0.25) is 4.98 Å². The van der Waals surface area contributed by atoms with E-state index in [1.165, 1.54) is 0 Å². The molecule has 2 aromatic heterocycles. The molecule has 1 aliphatic rings. The molecule has 7 heteroatoms. The summed E-state index contributed by atoms with van der Waals surface area (Å²) in [6.45, 7) is 3.23. The Morgan fingerprint density at radius 2 is 2.12 bits per heavy atom. The molecule has 1 saturated heterocycles. The maximum atomic E-state index is 9.79. The summed E-state index contributed by atoms with van der Waals surface area (Å²) in [5, 5.41) is 16.4. The number of β-amino-alcohol motifs (C(OH)–C–C–N with tert-alkyl or cyclic N) is 1. The standard InChI is InChI=1S/C17H24N6O/c24-15-5-2-11-23(13-15)16-6-10-21-17(22-16)20-9-3-8-19-14-4-1-7-18-12-14/h1,4,6-7,10,12,15,19,24H,2-3,5,8-9,11,13H2,(H,20,21,22). The molecule has 1 fully saturated rings. The van der Waals surface area contributed by atoms with Crippen LogP contribution in [0.25, 0.3) is 0 Å². The van der Waals surface area contributed by atoms with Crippen molar-refractivity contribution < 1.29 is 5.11 Å². The third-order valence-corrected chi connectivity index (χ3v) is 3.99. The van der Waals surface area contributed by atoms with Crippen molar-refractivity contribution in [2.24, 2.45) is 0 Å². The molecule has 1 unspecified atom stereocenters. The van der Waals surface area contributed by atoms with Crippen LogP contribution in [0.4, 0.5) is 17.5 Å². The van der Waals surface area contributed by atoms with Crippen LogP contribution in [0.3, 0.4) is 0 Å². The fourth-order valence-electron chi connectivity index (χ4n) is 2.76. The Hall–Kier alpha value is -2.41. The Balaban J connectivity index is 1.43. The van der Waals surface area contributed by atoms with Gasteiger partial charge in [0.2, 0.25) is 5.95 Å². The fourth-order valence-corrected chi connectivity index (χ4v) is 2.76. The number of pyridine rings is 1. The van der Waals surface area contributed by atoms with Gasteiger partial charge in [0.25, 0.3) is 0 Å². The SMILES string of the molecule is OC1CCCN(c2ccnc(NCCCNc3cccnc3)n2)C1. The molecule has 0 spiro atoms. The van der Waals surface area contributed by atoms with Gasteiger partial charge >= 0.3 is 0 Å². The summed E-state index contributed by atoms with van der Waals surface area (Å²) in [4.78, 5) is 15.0. The van der Waals surface area contributed by atoms with E-state index in [0.29, 0.717) is 12.5 Å². The third kappa shape index (κ3) is 4.79. The Kier molecular flexibility index (Phi) is 5.79. The maximum absolute atomic E-state index is 9.79. The number of anilines is 3. The average Bonchev–Trinajstić information content (AvgIpc) is 2.63. The molecule has 2 aromatic rings. The van der Waals surface area contributed by atoms with E-state index in [4.69, 9.17) is 0 Å². The lowest BCUT2D eigenvalue weighted by atomic mass is 10.1. The summed E-state index contributed by atoms with van der Waals surface area (Å²) >= 11 is 0. The second kappa shape index (κ2) is 8.44. The molecule has 1 atom stereocenters. The number of aliphatic hydroxyl groups excluding tert-OH is 1. The highest BCUT2D eigenvalue weighted by atomic mass is 16.3. The Morgan fingerprint density at radius 3 is 2.96 bits per heavy atom. The molecule has 0 aliphatic carbocycles. The van der Waals surface area contributed by atoms with E-state index in [9.17, 15) is 5.11 Å². The molecule has 3 heterocycles. The number of hydrogen-bond acceptors (Lipinski definition) is 7. The molecular weight excluding hydrogens is 304 g/mol. The van der Waals surface area contributed by atoms with Crippen molar-refractivity contribution in [1.82, 2.24) is 15.0 Å². The summed E-state index contributed by atoms with van der Waals surface area (Å²) < 4.78 is 0. The van der Waals surface area contributed by atoms with Crippen molar-refractivity contribution in [2.45, 2.75) is 25.4 Å². The monoisotopic (exact) mass is 328 g/mol. The van der Waals surface area contributed by atoms with Crippen LogP contribution in [-0.4, -0.2) is 52.3 Å². The maximum Gasteiger partial charge on any atom is 0.224 e. The number of nitrogens with zero attached hydrogens (tertiary/aromatic N) is 4. The molecule has 24 heavy (non-hydrogen) atoms. The summed E-state index contributed by atoms with van der Waals surface area (Å²) in [7, 11) is 0. The van der Waals surface area contributed by atoms with Crippen LogP contribution in [0.1, 0.15) is 19.3 Å². The zero-order valence-electron chi connectivity index (χ0n) is 13.7. The largest absolute Gasteiger partial charge is 0.391 e. The summed E-state index contributed by atoms with van der Waals surface area (Å²) in [5.74, 6) is 1.51. The first-order valence-corrected chi connectivity index (χ1v) is 8.45. The molecule has 7 nitrogen and oxygen atoms in total. The minimum atomic E-state index is -0.260. The van der Waals surface area contributed by atoms with Crippen LogP contribution in [0.15, 0.2) is 36.8 Å². The zero-order valence-corrected chi connectivity index (χ0v) is 13.7. The molecule has 3 N–H and O–H groups in total. The smallest absolute Gasteiger partial charge is 0.224 e. The second-order valence-corrected chi connectivity index (χ2v) is 5.93. The number of aliphatic hydroxyl groups is 1. The van der Waals surface area contributed by atoms with Crippen LogP contribution < -0.4 is 15.5 Å². The van der Waals surface area contributed by atoms with E-state index in [2.05, 4.69) is 30.5 Å². The topological polar surface area (TPSA) is 86.2 Å². The van der Waals surface area contributed by atoms with Crippen LogP contribution in [0.2, 0.25) is 0 Å². The van der Waals surface area contributed by atoms with Gasteiger partial charge in [0.05, 0.1) is 11.8 Å². The van der Waals surface area contributed by atoms with Crippen molar-refractivity contribution >= 4 is 17.5 Å². The first kappa shape index (κ1) is 16.4. The highest BCUT2D eigenvalue weighted by Gasteiger charge is 2.19. The Bertz CT molecular complexity index is 623. The quantitative estimate of drug-likeness (QED) is 0.668. The van der Waals surface area contributed by atoms with Crippen molar-refractivity contribution in [1.29, 1.82) is 0 Å². The van der Waals surface area contributed by atoms with Crippen molar-refractivity contribution in [3.63, 3.8) is 0 Å². The summed E-state index contributed by atoms with van der Waals surface area (Å²) in [6, 6.07) is 5.81. The first-order valence-electron chi connectivity index (χ1n) is 8.45. The lowest BCUT2D eigenvalue weighted by molar-refractivity contribution is 0.154. The predicted octanol–water partition coefficient (Wildman–Crippen LogP) is 1.75. The minimum absolute atomic E-state index is 0.260. The summed E-state index contributed by atoms with van der Waals surface area (Å²) in [6.07, 6.45) is 7.89. The first-order chi connectivity index (χ1) is 11.8. The van der Waals surface area contributed by atoms with E-state index in [-0.39, 0.29) is 6.10 Å². The molecule has 3 rings (SSSR count). The lowest BCUT2D eigenvalue weighted by Gasteiger charge is -2.31. The van der Waals surface area contributed by atoms with Gasteiger partial charge in [-0.2, -0.15) is 4.98 Å². The van der Waals surface area contributed by atoms with E-state index in [0.717, 1.165) is 50.4 Å². The molecule has 0 radical (unpaired) electrons. The van der Waals surface area contributed by atoms with Crippen LogP contribution in [0, 0.1) is 0 Å². The predicted molar refractivity (Wildman–Crippen MR) is 95.3 cm³/mol. The van der Waals surface area contributed by atoms with Gasteiger partial charge in [0, 0.05) is 44.8 Å². The normalized spacial score (nSPS) is 17.5. The molecular formula is C17H24N6O. The van der Waals surface area contributed by atoms with Gasteiger partial charge in [-0.05, 0) is 37.5 Å². The van der Waals surface area contributed by atoms with Gasteiger partial charge in [-0.1, -0.05) is 0 Å². The van der Waals surface area contributed by atoms with E-state index in [1.54, 1.807) is 12.4 Å². The number of aromatic nitrogens is 3. The molecule has 0 aromatic carbocycles. The highest BCUT2D eigenvalue weighted by Crippen LogP contribution is 2.18. The lowest BCUT2D eigenvalue weighted by Crippen LogP contribution is -2.38. The van der Waals surface area contributed by atoms with Crippen LogP contribution in [0.5, 0.6) is 0 Å². The Morgan fingerprint density at radius 1 is 1.21 bits per heavy atom. The number of rotatable bonds is 7. The zero-order chi connectivity index (χ0) is 16.6. The number of hydrogen-bond donors (Lipinski definition) is 3. The van der Waals surface area contributed by atoms with E-state index < -0.39 is 0 Å². The Labute approximate surface area is 142 Å². The van der Waals surface area contributed by atoms with Gasteiger partial charge < -0.3 is 20.6 Å². The third-order valence-electron chi connectivity index (χ3n) is 3.99. The average molecular weight is 328 g/mol. The van der Waals surface area contributed by atoms with Gasteiger partial charge in [0.15, 0.2) is 0 Å². The molecule has 0 bridgehead atoms. The second-order valence-electron chi connectivity index (χ2n) is 5.93. The minimum Gasteiger partial charge on any atom is -0.391 e. The number of piperidine rings is 1. The van der Waals surface area contributed by atoms with Crippen molar-refractivity contribution in [3.8, 4) is 0 Å². The van der Waals surface area contributed by atoms with E-state index in [1.807, 2.05) is 24.4 Å². The molecule has 0 amide bonds. The molecule has 128 valence electrons. The van der Waals surface area contributed by atoms with Crippen LogP contribution in [-0.2, 0) is 0 Å². The van der Waals surface area contributed by atoms with E-state index >= 15 is 0 Å². The van der Waals surface area contributed by atoms with Gasteiger partial charge in [-0.25, -0.2) is 4.98 Å². The molecule has 1 aliphatic heterocycles. The van der Waals surface area contributed by atoms with Gasteiger partial charge in [-0.15, -0.1) is 0 Å². The number of nitrogens with one attached hydrogen (secondary N) is 2. The highest BCUT2D eigenvalue weighted by molar-refractivity contribution is 5.43. The van der Waals surface area contributed by atoms with Crippen molar-refractivity contribution in [3.05, 3.63) is 36.8 Å². The molecule has 0 saturated carbocycles. The summed E-state index contributed by atoms with van der Waals surface area (Å²) in [5.41, 5.74) is 1.03. The van der Waals surface area contributed by atoms with Crippen LogP contribution >= 0.6 is 0 Å². The van der Waals surface area contributed by atoms with Gasteiger partial charge in [0.1, 0.15) is 5.82 Å². The van der Waals surface area contributed by atoms with Crippen molar-refractivity contribution in [2.75, 3.05) is 41.7 Å².